The van der Waals surface area contributed by atoms with Gasteiger partial charge >= 0.3 is 296 Å². The standard InChI is InChI=1S/10Na.7H2O.10H/h;;;;;;;;;;7*1H2;;;;;;;;;;/q10*+1;;;;;;;;10*-1. The van der Waals surface area contributed by atoms with E-state index >= 15 is 0 Å². The molecule has 0 aromatic rings. The fraction of sp³-hybridized carbons (Fsp3) is 0. The SMILES string of the molecule is O.O.O.O.O.O.O.[H-].[H-].[H-].[H-].[H-].[H-].[H-].[H-].[H-].[H-].[Na+].[Na+].[Na+].[Na+].[Na+].[Na+].[Na+].[Na+].[Na+].[Na+]. The van der Waals surface area contributed by atoms with Crippen molar-refractivity contribution in [2.45, 2.75) is 0 Å². The summed E-state index contributed by atoms with van der Waals surface area (Å²) in [6, 6.07) is 0. The van der Waals surface area contributed by atoms with Gasteiger partial charge in [-0.05, 0) is 0 Å². The van der Waals surface area contributed by atoms with Crippen molar-refractivity contribution < 1.29 is 348 Å². The van der Waals surface area contributed by atoms with E-state index in [1.54, 1.807) is 0 Å². The van der Waals surface area contributed by atoms with Crippen LogP contribution < -0.4 is 296 Å². The number of hydrogen-bond donors (Lipinski definition) is 0. The maximum Gasteiger partial charge on any atom is 1.00 e. The minimum atomic E-state index is 0. The molecule has 0 spiro atoms. The molecule has 17 heavy (non-hydrogen) atoms. The molecule has 0 saturated heterocycles. The van der Waals surface area contributed by atoms with Crippen LogP contribution in [0.5, 0.6) is 0 Å². The second kappa shape index (κ2) is 166. The summed E-state index contributed by atoms with van der Waals surface area (Å²) in [5, 5.41) is 0. The Bertz CT molecular complexity index is 42.3. The summed E-state index contributed by atoms with van der Waals surface area (Å²) in [6.07, 6.45) is 0. The van der Waals surface area contributed by atoms with Crippen molar-refractivity contribution in [3.63, 3.8) is 0 Å². The fourth-order valence-electron chi connectivity index (χ4n) is 0. The Labute approximate surface area is 339 Å². The molecule has 0 aromatic carbocycles. The largest absolute Gasteiger partial charge is 1.00 e. The summed E-state index contributed by atoms with van der Waals surface area (Å²) in [5.41, 5.74) is 0. The van der Waals surface area contributed by atoms with Crippen LogP contribution in [0.15, 0.2) is 0 Å². The molecule has 0 aliphatic carbocycles. The molecule has 76 valence electrons. The van der Waals surface area contributed by atoms with Crippen LogP contribution in [-0.4, -0.2) is 38.3 Å². The van der Waals surface area contributed by atoms with E-state index in [1.165, 1.54) is 0 Å². The van der Waals surface area contributed by atoms with Crippen molar-refractivity contribution in [2.24, 2.45) is 0 Å². The summed E-state index contributed by atoms with van der Waals surface area (Å²) in [7, 11) is 0. The maximum atomic E-state index is 0. The van der Waals surface area contributed by atoms with Gasteiger partial charge < -0.3 is 52.6 Å². The van der Waals surface area contributed by atoms with Gasteiger partial charge in [0.05, 0.1) is 0 Å². The van der Waals surface area contributed by atoms with E-state index in [4.69, 9.17) is 0 Å². The first-order valence-corrected chi connectivity index (χ1v) is 0. The van der Waals surface area contributed by atoms with Gasteiger partial charge in [0.15, 0.2) is 0 Å². The zero-order chi connectivity index (χ0) is 0. The molecular weight excluding hydrogens is 342 g/mol. The molecule has 0 fully saturated rings. The van der Waals surface area contributed by atoms with Crippen LogP contribution >= 0.6 is 0 Å². The predicted octanol–water partition coefficient (Wildman–Crippen LogP) is -34.6. The van der Waals surface area contributed by atoms with Crippen LogP contribution in [0, 0.1) is 0 Å². The minimum Gasteiger partial charge on any atom is -1.00 e. The smallest absolute Gasteiger partial charge is 1.00 e. The first-order chi connectivity index (χ1) is 0. The molecule has 0 aromatic heterocycles. The third kappa shape index (κ3) is 153. The van der Waals surface area contributed by atoms with Gasteiger partial charge in [0.25, 0.3) is 0 Å². The van der Waals surface area contributed by atoms with Gasteiger partial charge in [0.2, 0.25) is 0 Å². The second-order valence-electron chi connectivity index (χ2n) is 0. The summed E-state index contributed by atoms with van der Waals surface area (Å²) in [4.78, 5) is 0. The molecule has 0 radical (unpaired) electrons. The van der Waals surface area contributed by atoms with Crippen molar-refractivity contribution in [2.75, 3.05) is 0 Å². The third-order valence-electron chi connectivity index (χ3n) is 0. The van der Waals surface area contributed by atoms with Gasteiger partial charge in [-0.3, -0.25) is 0 Å². The first-order valence-electron chi connectivity index (χ1n) is 0. The van der Waals surface area contributed by atoms with E-state index in [-0.39, 0.29) is 348 Å². The summed E-state index contributed by atoms with van der Waals surface area (Å²) >= 11 is 0. The molecule has 0 atom stereocenters. The van der Waals surface area contributed by atoms with Crippen LogP contribution in [0.3, 0.4) is 0 Å². The first kappa shape index (κ1) is 187. The van der Waals surface area contributed by atoms with E-state index in [1.807, 2.05) is 0 Å². The Morgan fingerprint density at radius 2 is 0.176 bits per heavy atom. The van der Waals surface area contributed by atoms with E-state index < -0.39 is 0 Å². The quantitative estimate of drug-likeness (QED) is 0.364. The molecule has 14 N–H and O–H groups in total. The van der Waals surface area contributed by atoms with Gasteiger partial charge in [-0.1, -0.05) is 0 Å². The maximum absolute atomic E-state index is 0. The Balaban J connectivity index is 0. The Morgan fingerprint density at radius 3 is 0.176 bits per heavy atom. The van der Waals surface area contributed by atoms with Crippen LogP contribution in [-0.2, 0) is 0 Å². The molecule has 17 heteroatoms. The van der Waals surface area contributed by atoms with Gasteiger partial charge in [0.1, 0.15) is 0 Å². The summed E-state index contributed by atoms with van der Waals surface area (Å²) < 4.78 is 0. The van der Waals surface area contributed by atoms with Crippen molar-refractivity contribution in [3.8, 4) is 0 Å². The average Bonchev–Trinajstić information content (AvgIpc) is 0. The molecule has 0 rings (SSSR count). The van der Waals surface area contributed by atoms with Gasteiger partial charge in [0, 0.05) is 0 Å². The molecule has 0 heterocycles. The molecule has 0 aliphatic rings. The van der Waals surface area contributed by atoms with Gasteiger partial charge in [-0.15, -0.1) is 0 Å². The average molecular weight is 366 g/mol. The monoisotopic (exact) mass is 366 g/mol. The molecular formula is H24Na10O7. The Kier molecular flexibility index (Phi) is 1830. The fourth-order valence-corrected chi connectivity index (χ4v) is 0. The normalized spacial score (nSPS) is 0. The van der Waals surface area contributed by atoms with Crippen molar-refractivity contribution >= 4 is 0 Å². The molecule has 0 aliphatic heterocycles. The molecule has 0 saturated carbocycles. The van der Waals surface area contributed by atoms with Crippen molar-refractivity contribution in [1.82, 2.24) is 0 Å². The van der Waals surface area contributed by atoms with E-state index in [9.17, 15) is 0 Å². The van der Waals surface area contributed by atoms with Gasteiger partial charge in [-0.25, -0.2) is 0 Å². The molecule has 0 amide bonds. The van der Waals surface area contributed by atoms with Crippen LogP contribution in [0.2, 0.25) is 0 Å². The summed E-state index contributed by atoms with van der Waals surface area (Å²) in [5.74, 6) is 0. The van der Waals surface area contributed by atoms with Gasteiger partial charge in [-0.2, -0.15) is 0 Å². The third-order valence-corrected chi connectivity index (χ3v) is 0. The van der Waals surface area contributed by atoms with Crippen molar-refractivity contribution in [1.29, 1.82) is 0 Å². The van der Waals surface area contributed by atoms with Crippen molar-refractivity contribution in [3.05, 3.63) is 0 Å². The Morgan fingerprint density at radius 1 is 0.176 bits per heavy atom. The zero-order valence-corrected chi connectivity index (χ0v) is 33.5. The van der Waals surface area contributed by atoms with E-state index in [0.29, 0.717) is 0 Å². The van der Waals surface area contributed by atoms with Crippen LogP contribution in [0.4, 0.5) is 0 Å². The summed E-state index contributed by atoms with van der Waals surface area (Å²) in [6.45, 7) is 0. The Hall–Kier alpha value is 9.72. The number of hydrogen-bond acceptors (Lipinski definition) is 0. The van der Waals surface area contributed by atoms with Crippen LogP contribution in [0.1, 0.15) is 14.3 Å². The molecule has 0 bridgehead atoms. The second-order valence-corrected chi connectivity index (χ2v) is 0. The topological polar surface area (TPSA) is 220 Å². The zero-order valence-electron chi connectivity index (χ0n) is 23.5. The van der Waals surface area contributed by atoms with Crippen LogP contribution in [0.25, 0.3) is 0 Å². The minimum absolute atomic E-state index is 0. The molecule has 0 unspecified atom stereocenters. The van der Waals surface area contributed by atoms with E-state index in [0.717, 1.165) is 0 Å². The number of rotatable bonds is 0. The predicted molar refractivity (Wildman–Crippen MR) is 36.4 cm³/mol. The molecule has 7 nitrogen and oxygen atoms in total. The van der Waals surface area contributed by atoms with E-state index in [2.05, 4.69) is 0 Å².